The first-order chi connectivity index (χ1) is 12.6. The van der Waals surface area contributed by atoms with Crippen molar-refractivity contribution in [2.45, 2.75) is 50.4 Å². The van der Waals surface area contributed by atoms with Gasteiger partial charge in [0.05, 0.1) is 0 Å². The number of likely N-dealkylation sites (tertiary alicyclic amines) is 1. The summed E-state index contributed by atoms with van der Waals surface area (Å²) in [6.07, 6.45) is 2.96. The Morgan fingerprint density at radius 2 is 2.04 bits per heavy atom. The molecule has 3 N–H and O–H groups in total. The van der Waals surface area contributed by atoms with Crippen molar-refractivity contribution >= 4 is 18.3 Å². The van der Waals surface area contributed by atoms with Gasteiger partial charge in [-0.05, 0) is 31.2 Å². The molecule has 1 aliphatic heterocycles. The Balaban J connectivity index is 1.52. The van der Waals surface area contributed by atoms with Gasteiger partial charge in [0, 0.05) is 24.5 Å². The van der Waals surface area contributed by atoms with Crippen LogP contribution in [0.5, 0.6) is 0 Å². The summed E-state index contributed by atoms with van der Waals surface area (Å²) in [6.45, 7) is 0.692. The molecule has 1 unspecified atom stereocenters. The molecule has 3 rings (SSSR count). The molecule has 7 heteroatoms. The Bertz CT molecular complexity index is 651. The van der Waals surface area contributed by atoms with Crippen molar-refractivity contribution in [2.75, 3.05) is 6.54 Å². The minimum absolute atomic E-state index is 0.0149. The van der Waals surface area contributed by atoms with Gasteiger partial charge in [-0.1, -0.05) is 30.3 Å². The van der Waals surface area contributed by atoms with Crippen molar-refractivity contribution in [3.05, 3.63) is 35.9 Å². The number of carbonyl (C=O) groups excluding carboxylic acids is 3. The molecule has 7 nitrogen and oxygen atoms in total. The van der Waals surface area contributed by atoms with Gasteiger partial charge in [-0.25, -0.2) is 4.79 Å². The fourth-order valence-electron chi connectivity index (χ4n) is 3.83. The van der Waals surface area contributed by atoms with Crippen molar-refractivity contribution in [3.8, 4) is 0 Å². The lowest BCUT2D eigenvalue weighted by Gasteiger charge is -2.37. The lowest BCUT2D eigenvalue weighted by Crippen LogP contribution is -2.50. The summed E-state index contributed by atoms with van der Waals surface area (Å²) in [6, 6.07) is 8.66. The molecule has 1 saturated heterocycles. The van der Waals surface area contributed by atoms with Gasteiger partial charge in [0.1, 0.15) is 18.9 Å². The summed E-state index contributed by atoms with van der Waals surface area (Å²) in [4.78, 5) is 37.8. The van der Waals surface area contributed by atoms with Gasteiger partial charge >= 0.3 is 6.09 Å². The number of ether oxygens (including phenoxy) is 1. The molecule has 1 aliphatic carbocycles. The summed E-state index contributed by atoms with van der Waals surface area (Å²) in [5, 5.41) is 2.64. The van der Waals surface area contributed by atoms with Gasteiger partial charge in [0.25, 0.3) is 0 Å². The van der Waals surface area contributed by atoms with Crippen LogP contribution in [0.25, 0.3) is 0 Å². The number of aldehydes is 1. The molecule has 140 valence electrons. The van der Waals surface area contributed by atoms with Crippen molar-refractivity contribution in [1.82, 2.24) is 10.2 Å². The zero-order chi connectivity index (χ0) is 18.5. The second-order valence-corrected chi connectivity index (χ2v) is 7.02. The summed E-state index contributed by atoms with van der Waals surface area (Å²) in [5.41, 5.74) is 6.82. The third-order valence-electron chi connectivity index (χ3n) is 5.22. The third kappa shape index (κ3) is 4.22. The molecule has 2 amide bonds. The molecule has 2 aliphatic rings. The molecular weight excluding hydrogens is 334 g/mol. The number of nitrogens with two attached hydrogens (primary N) is 1. The Kier molecular flexibility index (Phi) is 5.88. The summed E-state index contributed by atoms with van der Waals surface area (Å²) in [7, 11) is 0. The van der Waals surface area contributed by atoms with Crippen LogP contribution in [-0.4, -0.2) is 47.9 Å². The SMILES string of the molecule is N[C@@H]1CC[C@H](N2CC[C@H](NC(=O)OCc3ccccc3)C2=O)C(C=O)C1. The predicted molar refractivity (Wildman–Crippen MR) is 95.0 cm³/mol. The average molecular weight is 359 g/mol. The van der Waals surface area contributed by atoms with Crippen molar-refractivity contribution in [3.63, 3.8) is 0 Å². The highest BCUT2D eigenvalue weighted by molar-refractivity contribution is 5.88. The van der Waals surface area contributed by atoms with Crippen molar-refractivity contribution in [1.29, 1.82) is 0 Å². The minimum atomic E-state index is -0.605. The molecule has 0 bridgehead atoms. The Labute approximate surface area is 152 Å². The fraction of sp³-hybridized carbons (Fsp3) is 0.526. The van der Waals surface area contributed by atoms with E-state index in [4.69, 9.17) is 10.5 Å². The highest BCUT2D eigenvalue weighted by Crippen LogP contribution is 2.29. The van der Waals surface area contributed by atoms with E-state index in [0.717, 1.165) is 24.7 Å². The third-order valence-corrected chi connectivity index (χ3v) is 5.22. The average Bonchev–Trinajstić information content (AvgIpc) is 3.01. The molecule has 1 heterocycles. The van der Waals surface area contributed by atoms with Gasteiger partial charge in [-0.2, -0.15) is 0 Å². The quantitative estimate of drug-likeness (QED) is 0.770. The number of nitrogens with one attached hydrogen (secondary N) is 1. The first-order valence-corrected chi connectivity index (χ1v) is 9.07. The zero-order valence-electron chi connectivity index (χ0n) is 14.7. The van der Waals surface area contributed by atoms with E-state index in [0.29, 0.717) is 19.4 Å². The molecule has 0 aromatic heterocycles. The van der Waals surface area contributed by atoms with Crippen LogP contribution in [0.3, 0.4) is 0 Å². The molecule has 1 aromatic carbocycles. The first-order valence-electron chi connectivity index (χ1n) is 9.07. The van der Waals surface area contributed by atoms with E-state index in [1.165, 1.54) is 0 Å². The second-order valence-electron chi connectivity index (χ2n) is 7.02. The zero-order valence-corrected chi connectivity index (χ0v) is 14.7. The number of amides is 2. The minimum Gasteiger partial charge on any atom is -0.445 e. The number of benzene rings is 1. The summed E-state index contributed by atoms with van der Waals surface area (Å²) < 4.78 is 5.18. The first kappa shape index (κ1) is 18.4. The van der Waals surface area contributed by atoms with E-state index in [1.807, 2.05) is 30.3 Å². The van der Waals surface area contributed by atoms with Gasteiger partial charge in [-0.3, -0.25) is 4.79 Å². The number of hydrogen-bond donors (Lipinski definition) is 2. The van der Waals surface area contributed by atoms with E-state index in [1.54, 1.807) is 4.90 Å². The molecular formula is C19H25N3O4. The lowest BCUT2D eigenvalue weighted by atomic mass is 9.82. The highest BCUT2D eigenvalue weighted by atomic mass is 16.5. The molecule has 1 saturated carbocycles. The maximum Gasteiger partial charge on any atom is 0.408 e. The van der Waals surface area contributed by atoms with Crippen LogP contribution in [0.15, 0.2) is 30.3 Å². The highest BCUT2D eigenvalue weighted by Gasteiger charge is 2.41. The van der Waals surface area contributed by atoms with E-state index in [-0.39, 0.29) is 30.5 Å². The Morgan fingerprint density at radius 3 is 2.77 bits per heavy atom. The van der Waals surface area contributed by atoms with Crippen LogP contribution in [-0.2, 0) is 20.9 Å². The van der Waals surface area contributed by atoms with E-state index in [9.17, 15) is 14.4 Å². The summed E-state index contributed by atoms with van der Waals surface area (Å²) in [5.74, 6) is -0.375. The maximum atomic E-state index is 12.7. The molecule has 26 heavy (non-hydrogen) atoms. The number of rotatable bonds is 5. The van der Waals surface area contributed by atoms with Crippen LogP contribution in [0.2, 0.25) is 0 Å². The maximum absolute atomic E-state index is 12.7. The monoisotopic (exact) mass is 359 g/mol. The van der Waals surface area contributed by atoms with Crippen LogP contribution in [0, 0.1) is 5.92 Å². The Morgan fingerprint density at radius 1 is 1.27 bits per heavy atom. The van der Waals surface area contributed by atoms with Crippen LogP contribution in [0.4, 0.5) is 4.79 Å². The largest absolute Gasteiger partial charge is 0.445 e. The number of hydrogen-bond acceptors (Lipinski definition) is 5. The standard InChI is InChI=1S/C19H25N3O4/c20-15-6-7-17(14(10-15)11-23)22-9-8-16(18(22)24)21-19(25)26-12-13-4-2-1-3-5-13/h1-5,11,14-17H,6-10,12,20H2,(H,21,25)/t14?,15-,16+,17+/m1/s1. The van der Waals surface area contributed by atoms with Gasteiger partial charge in [-0.15, -0.1) is 0 Å². The summed E-state index contributed by atoms with van der Waals surface area (Å²) >= 11 is 0. The number of carbonyl (C=O) groups is 3. The van der Waals surface area contributed by atoms with E-state index >= 15 is 0 Å². The predicted octanol–water partition coefficient (Wildman–Crippen LogP) is 1.21. The lowest BCUT2D eigenvalue weighted by molar-refractivity contribution is -0.134. The second kappa shape index (κ2) is 8.31. The molecule has 2 fully saturated rings. The van der Waals surface area contributed by atoms with Crippen molar-refractivity contribution in [2.24, 2.45) is 11.7 Å². The van der Waals surface area contributed by atoms with Gasteiger partial charge in [0.15, 0.2) is 0 Å². The van der Waals surface area contributed by atoms with E-state index in [2.05, 4.69) is 5.32 Å². The van der Waals surface area contributed by atoms with Gasteiger partial charge < -0.3 is 25.5 Å². The normalized spacial score (nSPS) is 28.7. The topological polar surface area (TPSA) is 102 Å². The van der Waals surface area contributed by atoms with Crippen LogP contribution in [0.1, 0.15) is 31.2 Å². The molecule has 4 atom stereocenters. The fourth-order valence-corrected chi connectivity index (χ4v) is 3.83. The Hall–Kier alpha value is -2.41. The van der Waals surface area contributed by atoms with Crippen LogP contribution >= 0.6 is 0 Å². The smallest absolute Gasteiger partial charge is 0.408 e. The van der Waals surface area contributed by atoms with Crippen molar-refractivity contribution < 1.29 is 19.1 Å². The van der Waals surface area contributed by atoms with E-state index < -0.39 is 12.1 Å². The molecule has 0 spiro atoms. The molecule has 0 radical (unpaired) electrons. The van der Waals surface area contributed by atoms with Crippen LogP contribution < -0.4 is 11.1 Å². The molecule has 1 aromatic rings. The van der Waals surface area contributed by atoms with Gasteiger partial charge in [0.2, 0.25) is 5.91 Å². The number of nitrogens with zero attached hydrogens (tertiary/aromatic N) is 1. The number of alkyl carbamates (subject to hydrolysis) is 1.